The van der Waals surface area contributed by atoms with Crippen molar-refractivity contribution in [3.63, 3.8) is 0 Å². The fourth-order valence-electron chi connectivity index (χ4n) is 1.95. The van der Waals surface area contributed by atoms with Crippen LogP contribution in [0.5, 0.6) is 0 Å². The molecule has 1 aromatic heterocycles. The summed E-state index contributed by atoms with van der Waals surface area (Å²) < 4.78 is 4.65. The number of nitriles is 1. The number of hydrogen-bond donors (Lipinski definition) is 0. The van der Waals surface area contributed by atoms with E-state index in [1.807, 2.05) is 0 Å². The molecule has 0 saturated carbocycles. The summed E-state index contributed by atoms with van der Waals surface area (Å²) in [5.74, 6) is -0.390. The molecule has 102 valence electrons. The number of carbonyl (C=O) groups is 1. The maximum absolute atomic E-state index is 11.4. The molecular formula is C15H10N4O2. The van der Waals surface area contributed by atoms with Crippen molar-refractivity contribution >= 4 is 17.0 Å². The van der Waals surface area contributed by atoms with Gasteiger partial charge in [-0.15, -0.1) is 10.2 Å². The van der Waals surface area contributed by atoms with Crippen LogP contribution in [0.2, 0.25) is 0 Å². The van der Waals surface area contributed by atoms with E-state index in [1.54, 1.807) is 42.5 Å². The lowest BCUT2D eigenvalue weighted by atomic mass is 10.2. The van der Waals surface area contributed by atoms with E-state index in [-0.39, 0.29) is 0 Å². The van der Waals surface area contributed by atoms with E-state index in [1.165, 1.54) is 11.9 Å². The number of fused-ring (bicyclic) bond motifs is 1. The predicted octanol–water partition coefficient (Wildman–Crippen LogP) is 2.08. The van der Waals surface area contributed by atoms with Gasteiger partial charge in [0.1, 0.15) is 11.0 Å². The second-order valence-electron chi connectivity index (χ2n) is 4.34. The summed E-state index contributed by atoms with van der Waals surface area (Å²) in [6.45, 7) is 0. The molecule has 0 fully saturated rings. The Hall–Kier alpha value is -3.20. The SMILES string of the molecule is COC(=O)c1ccc(-n2nc3ccc(C#N)cc3n2)cc1. The molecule has 0 aliphatic heterocycles. The Balaban J connectivity index is 2.00. The Kier molecular flexibility index (Phi) is 3.09. The first-order chi connectivity index (χ1) is 10.2. The van der Waals surface area contributed by atoms with Crippen LogP contribution in [-0.2, 0) is 4.74 Å². The molecule has 0 bridgehead atoms. The summed E-state index contributed by atoms with van der Waals surface area (Å²) in [5, 5.41) is 17.5. The fourth-order valence-corrected chi connectivity index (χ4v) is 1.95. The highest BCUT2D eigenvalue weighted by atomic mass is 16.5. The van der Waals surface area contributed by atoms with Crippen LogP contribution >= 0.6 is 0 Å². The molecule has 0 saturated heterocycles. The summed E-state index contributed by atoms with van der Waals surface area (Å²) in [5.41, 5.74) is 3.06. The fraction of sp³-hybridized carbons (Fsp3) is 0.0667. The molecule has 0 aliphatic rings. The lowest BCUT2D eigenvalue weighted by molar-refractivity contribution is 0.0600. The number of nitrogens with zero attached hydrogens (tertiary/aromatic N) is 4. The van der Waals surface area contributed by atoms with E-state index in [9.17, 15) is 4.79 Å². The Morgan fingerprint density at radius 3 is 2.52 bits per heavy atom. The molecule has 0 unspecified atom stereocenters. The summed E-state index contributed by atoms with van der Waals surface area (Å²) in [7, 11) is 1.34. The highest BCUT2D eigenvalue weighted by molar-refractivity contribution is 5.89. The topological polar surface area (TPSA) is 80.8 Å². The second kappa shape index (κ2) is 5.06. The van der Waals surface area contributed by atoms with Gasteiger partial charge in [0.25, 0.3) is 0 Å². The van der Waals surface area contributed by atoms with Crippen LogP contribution in [-0.4, -0.2) is 28.1 Å². The van der Waals surface area contributed by atoms with Crippen molar-refractivity contribution in [3.8, 4) is 11.8 Å². The number of esters is 1. The van der Waals surface area contributed by atoms with Crippen molar-refractivity contribution in [1.82, 2.24) is 15.0 Å². The molecule has 0 amide bonds. The molecule has 1 heterocycles. The zero-order valence-corrected chi connectivity index (χ0v) is 11.1. The van der Waals surface area contributed by atoms with Crippen LogP contribution in [0.4, 0.5) is 0 Å². The van der Waals surface area contributed by atoms with Crippen LogP contribution in [0, 0.1) is 11.3 Å². The molecule has 3 rings (SSSR count). The molecule has 2 aromatic carbocycles. The van der Waals surface area contributed by atoms with Gasteiger partial charge in [-0.1, -0.05) is 0 Å². The number of methoxy groups -OCH3 is 1. The van der Waals surface area contributed by atoms with Gasteiger partial charge in [-0.05, 0) is 42.5 Å². The first-order valence-corrected chi connectivity index (χ1v) is 6.17. The molecule has 0 radical (unpaired) electrons. The highest BCUT2D eigenvalue weighted by Gasteiger charge is 2.08. The normalized spacial score (nSPS) is 10.3. The van der Waals surface area contributed by atoms with Crippen molar-refractivity contribution < 1.29 is 9.53 Å². The van der Waals surface area contributed by atoms with E-state index in [0.717, 1.165) is 5.69 Å². The van der Waals surface area contributed by atoms with Crippen LogP contribution < -0.4 is 0 Å². The smallest absolute Gasteiger partial charge is 0.337 e. The molecular weight excluding hydrogens is 268 g/mol. The average molecular weight is 278 g/mol. The quantitative estimate of drug-likeness (QED) is 0.670. The van der Waals surface area contributed by atoms with Crippen LogP contribution in [0.3, 0.4) is 0 Å². The predicted molar refractivity (Wildman–Crippen MR) is 74.9 cm³/mol. The molecule has 0 spiro atoms. The Labute approximate surface area is 120 Å². The maximum atomic E-state index is 11.4. The van der Waals surface area contributed by atoms with Crippen molar-refractivity contribution in [3.05, 3.63) is 53.6 Å². The first-order valence-electron chi connectivity index (χ1n) is 6.17. The van der Waals surface area contributed by atoms with Crippen molar-refractivity contribution in [2.45, 2.75) is 0 Å². The standard InChI is InChI=1S/C15H10N4O2/c1-21-15(20)11-3-5-12(6-4-11)19-17-13-7-2-10(9-16)8-14(13)18-19/h2-8H,1H3. The largest absolute Gasteiger partial charge is 0.465 e. The monoisotopic (exact) mass is 278 g/mol. The average Bonchev–Trinajstić information content (AvgIpc) is 2.97. The molecule has 3 aromatic rings. The third-order valence-corrected chi connectivity index (χ3v) is 3.03. The molecule has 6 heteroatoms. The van der Waals surface area contributed by atoms with Gasteiger partial charge >= 0.3 is 5.97 Å². The Morgan fingerprint density at radius 2 is 1.86 bits per heavy atom. The van der Waals surface area contributed by atoms with Gasteiger partial charge in [-0.3, -0.25) is 0 Å². The number of benzene rings is 2. The van der Waals surface area contributed by atoms with Gasteiger partial charge in [0, 0.05) is 0 Å². The third kappa shape index (κ3) is 2.32. The van der Waals surface area contributed by atoms with Crippen LogP contribution in [0.25, 0.3) is 16.7 Å². The minimum Gasteiger partial charge on any atom is -0.465 e. The molecule has 0 atom stereocenters. The summed E-state index contributed by atoms with van der Waals surface area (Å²) in [6, 6.07) is 14.0. The zero-order chi connectivity index (χ0) is 14.8. The second-order valence-corrected chi connectivity index (χ2v) is 4.34. The number of hydrogen-bond acceptors (Lipinski definition) is 5. The summed E-state index contributed by atoms with van der Waals surface area (Å²) in [4.78, 5) is 12.8. The van der Waals surface area contributed by atoms with Crippen LogP contribution in [0.15, 0.2) is 42.5 Å². The first kappa shape index (κ1) is 12.8. The molecule has 6 nitrogen and oxygen atoms in total. The molecule has 0 aliphatic carbocycles. The van der Waals surface area contributed by atoms with E-state index in [0.29, 0.717) is 22.2 Å². The van der Waals surface area contributed by atoms with Crippen LogP contribution in [0.1, 0.15) is 15.9 Å². The van der Waals surface area contributed by atoms with E-state index in [2.05, 4.69) is 21.0 Å². The maximum Gasteiger partial charge on any atom is 0.337 e. The summed E-state index contributed by atoms with van der Waals surface area (Å²) in [6.07, 6.45) is 0. The van der Waals surface area contributed by atoms with Gasteiger partial charge in [-0.25, -0.2) is 4.79 Å². The Morgan fingerprint density at radius 1 is 1.14 bits per heavy atom. The van der Waals surface area contributed by atoms with Gasteiger partial charge in [0.15, 0.2) is 0 Å². The lowest BCUT2D eigenvalue weighted by Crippen LogP contribution is -2.03. The van der Waals surface area contributed by atoms with E-state index >= 15 is 0 Å². The molecule has 0 N–H and O–H groups in total. The summed E-state index contributed by atoms with van der Waals surface area (Å²) >= 11 is 0. The van der Waals surface area contributed by atoms with Gasteiger partial charge < -0.3 is 4.74 Å². The van der Waals surface area contributed by atoms with Crippen molar-refractivity contribution in [1.29, 1.82) is 5.26 Å². The number of carbonyl (C=O) groups excluding carboxylic acids is 1. The van der Waals surface area contributed by atoms with Gasteiger partial charge in [0.05, 0.1) is 30.0 Å². The number of ether oxygens (including phenoxy) is 1. The molecule has 21 heavy (non-hydrogen) atoms. The van der Waals surface area contributed by atoms with Crippen molar-refractivity contribution in [2.24, 2.45) is 0 Å². The van der Waals surface area contributed by atoms with E-state index < -0.39 is 5.97 Å². The highest BCUT2D eigenvalue weighted by Crippen LogP contribution is 2.15. The lowest BCUT2D eigenvalue weighted by Gasteiger charge is -2.01. The minimum atomic E-state index is -0.390. The Bertz CT molecular complexity index is 860. The zero-order valence-electron chi connectivity index (χ0n) is 11.1. The third-order valence-electron chi connectivity index (χ3n) is 3.03. The number of rotatable bonds is 2. The number of aromatic nitrogens is 3. The van der Waals surface area contributed by atoms with Gasteiger partial charge in [0.2, 0.25) is 0 Å². The minimum absolute atomic E-state index is 0.390. The van der Waals surface area contributed by atoms with Crippen molar-refractivity contribution in [2.75, 3.05) is 7.11 Å². The van der Waals surface area contributed by atoms with Gasteiger partial charge in [-0.2, -0.15) is 10.1 Å². The van der Waals surface area contributed by atoms with E-state index in [4.69, 9.17) is 5.26 Å².